The van der Waals surface area contributed by atoms with Crippen molar-refractivity contribution in [1.82, 2.24) is 5.48 Å². The highest BCUT2D eigenvalue weighted by Gasteiger charge is 2.52. The van der Waals surface area contributed by atoms with Gasteiger partial charge in [-0.05, 0) is 0 Å². The van der Waals surface area contributed by atoms with Crippen LogP contribution >= 0.6 is 0 Å². The average molecular weight is 378 g/mol. The number of esters is 3. The van der Waals surface area contributed by atoms with Crippen LogP contribution in [0.3, 0.4) is 0 Å². The third-order valence-electron chi connectivity index (χ3n) is 3.12. The van der Waals surface area contributed by atoms with Gasteiger partial charge in [0.1, 0.15) is 12.7 Å². The molecule has 0 aromatic carbocycles. The maximum absolute atomic E-state index is 11.5. The second kappa shape index (κ2) is 10.0. The summed E-state index contributed by atoms with van der Waals surface area (Å²) in [5, 5.41) is 0. The number of hydroxylamine groups is 1. The molecule has 0 spiro atoms. The normalized spacial score (nSPS) is 28.0. The van der Waals surface area contributed by atoms with E-state index in [-0.39, 0.29) is 6.61 Å². The summed E-state index contributed by atoms with van der Waals surface area (Å²) in [7, 11) is 0. The van der Waals surface area contributed by atoms with Gasteiger partial charge >= 0.3 is 17.9 Å². The molecule has 1 heterocycles. The van der Waals surface area contributed by atoms with E-state index in [9.17, 15) is 19.2 Å². The van der Waals surface area contributed by atoms with E-state index in [0.717, 1.165) is 13.8 Å². The van der Waals surface area contributed by atoms with E-state index in [1.807, 2.05) is 0 Å². The second-order valence-corrected chi connectivity index (χ2v) is 5.37. The summed E-state index contributed by atoms with van der Waals surface area (Å²) in [6.07, 6.45) is -6.17. The van der Waals surface area contributed by atoms with E-state index in [2.05, 4.69) is 10.3 Å². The monoisotopic (exact) mass is 378 g/mol. The van der Waals surface area contributed by atoms with Gasteiger partial charge < -0.3 is 18.9 Å². The minimum atomic E-state index is -1.33. The minimum absolute atomic E-state index is 0.336. The Hall–Kier alpha value is -2.28. The Morgan fingerprint density at radius 2 is 1.50 bits per heavy atom. The number of carbonyl (C=O) groups is 4. The SMILES string of the molecule is CC(=O)NO[C@H]1[C@H](ON)O[C@H](COC(C)=O)[C@@H](OC(C)=O)[C@@H]1OC(C)=O. The van der Waals surface area contributed by atoms with Crippen LogP contribution in [0.4, 0.5) is 0 Å². The quantitative estimate of drug-likeness (QED) is 0.300. The minimum Gasteiger partial charge on any atom is -0.463 e. The molecule has 0 aromatic heterocycles. The van der Waals surface area contributed by atoms with Gasteiger partial charge in [-0.25, -0.2) is 11.4 Å². The lowest BCUT2D eigenvalue weighted by Gasteiger charge is -2.43. The molecule has 0 aromatic rings. The molecule has 12 nitrogen and oxygen atoms in total. The molecule has 0 unspecified atom stereocenters. The Morgan fingerprint density at radius 3 is 1.96 bits per heavy atom. The fourth-order valence-corrected chi connectivity index (χ4v) is 2.26. The van der Waals surface area contributed by atoms with Gasteiger partial charge in [-0.2, -0.15) is 0 Å². The molecule has 0 radical (unpaired) electrons. The van der Waals surface area contributed by atoms with E-state index in [0.29, 0.717) is 0 Å². The third kappa shape index (κ3) is 6.55. The third-order valence-corrected chi connectivity index (χ3v) is 3.12. The van der Waals surface area contributed by atoms with Gasteiger partial charge in [0.15, 0.2) is 18.3 Å². The van der Waals surface area contributed by atoms with Gasteiger partial charge in [-0.1, -0.05) is 0 Å². The molecule has 0 saturated carbocycles. The number of rotatable bonds is 7. The predicted octanol–water partition coefficient (Wildman–Crippen LogP) is -1.54. The molecule has 0 aliphatic carbocycles. The molecular weight excluding hydrogens is 356 g/mol. The number of carbonyl (C=O) groups excluding carboxylic acids is 4. The molecule has 12 heteroatoms. The standard InChI is InChI=1S/C14H22N2O10/c1-6(17)16-26-13-12(23-9(4)20)11(22-8(3)19)10(5-21-7(2)18)24-14(13)25-15/h10-14H,5,15H2,1-4H3,(H,16,17)/t10-,11-,12+,13-,14+/m1/s1. The maximum atomic E-state index is 11.5. The first kappa shape index (κ1) is 21.8. The first-order chi connectivity index (χ1) is 12.1. The van der Waals surface area contributed by atoms with Crippen LogP contribution < -0.4 is 11.4 Å². The summed E-state index contributed by atoms with van der Waals surface area (Å²) >= 11 is 0. The van der Waals surface area contributed by atoms with Crippen LogP contribution in [0, 0.1) is 0 Å². The fraction of sp³-hybridized carbons (Fsp3) is 0.714. The summed E-state index contributed by atoms with van der Waals surface area (Å²) in [5.41, 5.74) is 2.05. The van der Waals surface area contributed by atoms with E-state index >= 15 is 0 Å². The second-order valence-electron chi connectivity index (χ2n) is 5.37. The lowest BCUT2D eigenvalue weighted by Crippen LogP contribution is -2.64. The van der Waals surface area contributed by atoms with Crippen LogP contribution in [0.15, 0.2) is 0 Å². The Balaban J connectivity index is 3.15. The highest BCUT2D eigenvalue weighted by Crippen LogP contribution is 2.28. The molecule has 148 valence electrons. The fourth-order valence-electron chi connectivity index (χ4n) is 2.26. The smallest absolute Gasteiger partial charge is 0.303 e. The average Bonchev–Trinajstić information content (AvgIpc) is 2.52. The molecule has 1 saturated heterocycles. The van der Waals surface area contributed by atoms with Crippen molar-refractivity contribution in [3.8, 4) is 0 Å². The van der Waals surface area contributed by atoms with Gasteiger partial charge in [-0.3, -0.25) is 28.9 Å². The molecule has 3 N–H and O–H groups in total. The number of amides is 1. The molecule has 1 amide bonds. The van der Waals surface area contributed by atoms with Crippen molar-refractivity contribution in [2.45, 2.75) is 58.4 Å². The van der Waals surface area contributed by atoms with Crippen molar-refractivity contribution in [3.63, 3.8) is 0 Å². The van der Waals surface area contributed by atoms with Crippen molar-refractivity contribution in [3.05, 3.63) is 0 Å². The molecule has 1 aliphatic rings. The first-order valence-electron chi connectivity index (χ1n) is 7.56. The summed E-state index contributed by atoms with van der Waals surface area (Å²) < 4.78 is 20.7. The van der Waals surface area contributed by atoms with Crippen molar-refractivity contribution in [2.75, 3.05) is 6.61 Å². The number of hydrogen-bond donors (Lipinski definition) is 2. The van der Waals surface area contributed by atoms with E-state index in [1.165, 1.54) is 13.8 Å². The maximum Gasteiger partial charge on any atom is 0.303 e. The Kier molecular flexibility index (Phi) is 8.38. The van der Waals surface area contributed by atoms with Crippen molar-refractivity contribution < 1.29 is 47.8 Å². The summed E-state index contributed by atoms with van der Waals surface area (Å²) in [6.45, 7) is 4.26. The summed E-state index contributed by atoms with van der Waals surface area (Å²) in [5.74, 6) is 2.57. The Labute approximate surface area is 149 Å². The van der Waals surface area contributed by atoms with Crippen molar-refractivity contribution >= 4 is 23.8 Å². The topological polar surface area (TPSA) is 162 Å². The van der Waals surface area contributed by atoms with E-state index in [1.54, 1.807) is 0 Å². The van der Waals surface area contributed by atoms with Crippen molar-refractivity contribution in [2.24, 2.45) is 5.90 Å². The van der Waals surface area contributed by atoms with E-state index < -0.39 is 54.5 Å². The molecule has 1 fully saturated rings. The summed E-state index contributed by atoms with van der Waals surface area (Å²) in [6, 6.07) is 0. The van der Waals surface area contributed by atoms with Crippen LogP contribution in [0.2, 0.25) is 0 Å². The highest BCUT2D eigenvalue weighted by molar-refractivity contribution is 5.71. The number of hydrogen-bond acceptors (Lipinski definition) is 11. The molecule has 0 bridgehead atoms. The van der Waals surface area contributed by atoms with Crippen LogP contribution in [-0.2, 0) is 47.8 Å². The lowest BCUT2D eigenvalue weighted by atomic mass is 9.98. The van der Waals surface area contributed by atoms with Gasteiger partial charge in [0.25, 0.3) is 0 Å². The molecule has 1 rings (SSSR count). The van der Waals surface area contributed by atoms with Gasteiger partial charge in [0.2, 0.25) is 12.2 Å². The highest BCUT2D eigenvalue weighted by atomic mass is 16.8. The van der Waals surface area contributed by atoms with Gasteiger partial charge in [-0.15, -0.1) is 0 Å². The zero-order valence-corrected chi connectivity index (χ0v) is 14.8. The summed E-state index contributed by atoms with van der Waals surface area (Å²) in [4.78, 5) is 54.9. The van der Waals surface area contributed by atoms with Crippen LogP contribution in [0.5, 0.6) is 0 Å². The van der Waals surface area contributed by atoms with Crippen molar-refractivity contribution in [1.29, 1.82) is 0 Å². The number of ether oxygens (including phenoxy) is 4. The van der Waals surface area contributed by atoms with Gasteiger partial charge in [0.05, 0.1) is 0 Å². The number of nitrogens with one attached hydrogen (secondary N) is 1. The zero-order chi connectivity index (χ0) is 19.9. The molecule has 5 atom stereocenters. The Bertz CT molecular complexity index is 540. The lowest BCUT2D eigenvalue weighted by molar-refractivity contribution is -0.322. The molecular formula is C14H22N2O10. The largest absolute Gasteiger partial charge is 0.463 e. The Morgan fingerprint density at radius 1 is 0.923 bits per heavy atom. The molecule has 26 heavy (non-hydrogen) atoms. The van der Waals surface area contributed by atoms with Crippen LogP contribution in [0.1, 0.15) is 27.7 Å². The van der Waals surface area contributed by atoms with E-state index in [4.69, 9.17) is 29.7 Å². The van der Waals surface area contributed by atoms with Gasteiger partial charge in [0, 0.05) is 27.7 Å². The van der Waals surface area contributed by atoms with Crippen LogP contribution in [0.25, 0.3) is 0 Å². The first-order valence-corrected chi connectivity index (χ1v) is 7.56. The van der Waals surface area contributed by atoms with Crippen LogP contribution in [-0.4, -0.2) is 61.1 Å². The number of nitrogens with two attached hydrogens (primary N) is 1. The molecule has 1 aliphatic heterocycles. The predicted molar refractivity (Wildman–Crippen MR) is 80.4 cm³/mol. The zero-order valence-electron chi connectivity index (χ0n) is 14.8.